The lowest BCUT2D eigenvalue weighted by molar-refractivity contribution is 0.754. The van der Waals surface area contributed by atoms with Crippen LogP contribution in [-0.4, -0.2) is 15.0 Å². The highest BCUT2D eigenvalue weighted by atomic mass is 35.5. The van der Waals surface area contributed by atoms with Gasteiger partial charge in [0.15, 0.2) is 0 Å². The predicted octanol–water partition coefficient (Wildman–Crippen LogP) is 3.44. The zero-order valence-corrected chi connectivity index (χ0v) is 12.0. The molecule has 0 amide bonds. The lowest BCUT2D eigenvalue weighted by atomic mass is 10.1. The van der Waals surface area contributed by atoms with Crippen LogP contribution >= 0.6 is 11.6 Å². The third-order valence-electron chi connectivity index (χ3n) is 3.73. The summed E-state index contributed by atoms with van der Waals surface area (Å²) in [5.41, 5.74) is 4.49. The van der Waals surface area contributed by atoms with Gasteiger partial charge in [-0.1, -0.05) is 41.1 Å². The molecule has 0 aliphatic carbocycles. The summed E-state index contributed by atoms with van der Waals surface area (Å²) < 4.78 is 1.92. The van der Waals surface area contributed by atoms with E-state index in [1.165, 1.54) is 5.56 Å². The third-order valence-corrected chi connectivity index (χ3v) is 3.96. The molecular formula is C16H13ClN4. The van der Waals surface area contributed by atoms with E-state index >= 15 is 0 Å². The number of rotatable bonds is 1. The van der Waals surface area contributed by atoms with Gasteiger partial charge in [0.05, 0.1) is 24.1 Å². The Bertz CT molecular complexity index is 796. The van der Waals surface area contributed by atoms with Gasteiger partial charge < -0.3 is 4.90 Å². The van der Waals surface area contributed by atoms with E-state index in [0.29, 0.717) is 0 Å². The number of fused-ring (bicyclic) bond motifs is 3. The maximum absolute atomic E-state index is 6.13. The van der Waals surface area contributed by atoms with Gasteiger partial charge in [-0.3, -0.25) is 0 Å². The molecule has 21 heavy (non-hydrogen) atoms. The molecule has 1 aromatic heterocycles. The Morgan fingerprint density at radius 2 is 1.90 bits per heavy atom. The monoisotopic (exact) mass is 296 g/mol. The first kappa shape index (κ1) is 12.4. The summed E-state index contributed by atoms with van der Waals surface area (Å²) in [6.07, 6.45) is 1.82. The highest BCUT2D eigenvalue weighted by Gasteiger charge is 2.20. The van der Waals surface area contributed by atoms with Crippen molar-refractivity contribution in [2.24, 2.45) is 0 Å². The maximum atomic E-state index is 6.13. The summed E-state index contributed by atoms with van der Waals surface area (Å²) in [4.78, 5) is 2.28. The largest absolute Gasteiger partial charge is 0.361 e. The van der Waals surface area contributed by atoms with Gasteiger partial charge in [-0.05, 0) is 29.8 Å². The van der Waals surface area contributed by atoms with Gasteiger partial charge in [0, 0.05) is 17.3 Å². The highest BCUT2D eigenvalue weighted by Crippen LogP contribution is 2.28. The zero-order valence-electron chi connectivity index (χ0n) is 11.3. The molecule has 0 saturated carbocycles. The summed E-state index contributed by atoms with van der Waals surface area (Å²) in [5.74, 6) is 0. The Labute approximate surface area is 127 Å². The first-order chi connectivity index (χ1) is 10.3. The van der Waals surface area contributed by atoms with E-state index in [0.717, 1.165) is 35.2 Å². The van der Waals surface area contributed by atoms with Crippen molar-refractivity contribution in [3.05, 3.63) is 71.0 Å². The number of hydrogen-bond acceptors (Lipinski definition) is 3. The van der Waals surface area contributed by atoms with E-state index < -0.39 is 0 Å². The van der Waals surface area contributed by atoms with Crippen LogP contribution in [0.4, 0.5) is 5.69 Å². The molecule has 0 N–H and O–H groups in total. The van der Waals surface area contributed by atoms with Gasteiger partial charge in [-0.2, -0.15) is 0 Å². The van der Waals surface area contributed by atoms with Gasteiger partial charge >= 0.3 is 0 Å². The molecule has 0 unspecified atom stereocenters. The number of anilines is 1. The average molecular weight is 297 g/mol. The summed E-state index contributed by atoms with van der Waals surface area (Å²) in [5, 5.41) is 9.01. The second-order valence-electron chi connectivity index (χ2n) is 5.10. The van der Waals surface area contributed by atoms with E-state index in [9.17, 15) is 0 Å². The average Bonchev–Trinajstić information content (AvgIpc) is 2.89. The van der Waals surface area contributed by atoms with Crippen molar-refractivity contribution in [2.75, 3.05) is 4.90 Å². The molecule has 0 saturated heterocycles. The first-order valence-corrected chi connectivity index (χ1v) is 7.17. The molecule has 1 aliphatic heterocycles. The number of para-hydroxylation sites is 1. The molecule has 3 aromatic rings. The molecule has 2 aromatic carbocycles. The Morgan fingerprint density at radius 1 is 1.00 bits per heavy atom. The number of benzene rings is 2. The van der Waals surface area contributed by atoms with Crippen molar-refractivity contribution in [2.45, 2.75) is 13.1 Å². The Balaban J connectivity index is 1.84. The molecule has 4 nitrogen and oxygen atoms in total. The minimum atomic E-state index is 0.747. The summed E-state index contributed by atoms with van der Waals surface area (Å²) in [6.45, 7) is 1.57. The van der Waals surface area contributed by atoms with E-state index in [1.807, 2.05) is 35.1 Å². The van der Waals surface area contributed by atoms with E-state index in [-0.39, 0.29) is 0 Å². The molecular weight excluding hydrogens is 284 g/mol. The standard InChI is InChI=1S/C16H13ClN4/c17-13-5-3-6-14(8-13)20-10-12-4-1-2-7-16(12)21-15(11-20)9-18-19-21/h1-9H,10-11H2. The molecule has 104 valence electrons. The highest BCUT2D eigenvalue weighted by molar-refractivity contribution is 6.30. The molecule has 4 rings (SSSR count). The van der Waals surface area contributed by atoms with Crippen molar-refractivity contribution in [3.63, 3.8) is 0 Å². The number of halogens is 1. The molecule has 0 fully saturated rings. The van der Waals surface area contributed by atoms with Crippen molar-refractivity contribution in [1.82, 2.24) is 15.0 Å². The number of hydrogen-bond donors (Lipinski definition) is 0. The van der Waals surface area contributed by atoms with Crippen molar-refractivity contribution in [3.8, 4) is 5.69 Å². The van der Waals surface area contributed by atoms with Crippen LogP contribution in [0.1, 0.15) is 11.3 Å². The topological polar surface area (TPSA) is 34.0 Å². The van der Waals surface area contributed by atoms with Crippen LogP contribution in [0.3, 0.4) is 0 Å². The van der Waals surface area contributed by atoms with E-state index in [4.69, 9.17) is 11.6 Å². The van der Waals surface area contributed by atoms with Crippen LogP contribution in [0.25, 0.3) is 5.69 Å². The fraction of sp³-hybridized carbons (Fsp3) is 0.125. The molecule has 0 atom stereocenters. The fourth-order valence-electron chi connectivity index (χ4n) is 2.73. The first-order valence-electron chi connectivity index (χ1n) is 6.79. The molecule has 5 heteroatoms. The Kier molecular flexibility index (Phi) is 2.89. The second kappa shape index (κ2) is 4.90. The lowest BCUT2D eigenvalue weighted by Crippen LogP contribution is -2.20. The van der Waals surface area contributed by atoms with Crippen molar-refractivity contribution < 1.29 is 0 Å². The van der Waals surface area contributed by atoms with Crippen LogP contribution in [0, 0.1) is 0 Å². The number of aromatic nitrogens is 3. The van der Waals surface area contributed by atoms with Crippen LogP contribution in [0.2, 0.25) is 5.02 Å². The summed E-state index contributed by atoms with van der Waals surface area (Å²) in [6, 6.07) is 16.2. The maximum Gasteiger partial charge on any atom is 0.0839 e. The minimum Gasteiger partial charge on any atom is -0.361 e. The molecule has 1 aliphatic rings. The number of nitrogens with zero attached hydrogens (tertiary/aromatic N) is 4. The van der Waals surface area contributed by atoms with Crippen molar-refractivity contribution in [1.29, 1.82) is 0 Å². The molecule has 0 spiro atoms. The van der Waals surface area contributed by atoms with Gasteiger partial charge in [0.2, 0.25) is 0 Å². The van der Waals surface area contributed by atoms with Crippen LogP contribution in [0.5, 0.6) is 0 Å². The fourth-order valence-corrected chi connectivity index (χ4v) is 2.92. The van der Waals surface area contributed by atoms with Crippen LogP contribution in [-0.2, 0) is 13.1 Å². The van der Waals surface area contributed by atoms with Gasteiger partial charge in [-0.25, -0.2) is 4.68 Å². The lowest BCUT2D eigenvalue weighted by Gasteiger charge is -2.22. The van der Waals surface area contributed by atoms with E-state index in [1.54, 1.807) is 0 Å². The quantitative estimate of drug-likeness (QED) is 0.690. The van der Waals surface area contributed by atoms with Gasteiger partial charge in [0.1, 0.15) is 0 Å². The smallest absolute Gasteiger partial charge is 0.0839 e. The Hall–Kier alpha value is -2.33. The summed E-state index contributed by atoms with van der Waals surface area (Å²) >= 11 is 6.13. The van der Waals surface area contributed by atoms with Crippen LogP contribution < -0.4 is 4.90 Å². The summed E-state index contributed by atoms with van der Waals surface area (Å²) in [7, 11) is 0. The molecule has 2 heterocycles. The Morgan fingerprint density at radius 3 is 2.81 bits per heavy atom. The zero-order chi connectivity index (χ0) is 14.2. The predicted molar refractivity (Wildman–Crippen MR) is 82.7 cm³/mol. The van der Waals surface area contributed by atoms with Crippen molar-refractivity contribution >= 4 is 17.3 Å². The van der Waals surface area contributed by atoms with Crippen LogP contribution in [0.15, 0.2) is 54.7 Å². The second-order valence-corrected chi connectivity index (χ2v) is 5.54. The SMILES string of the molecule is Clc1cccc(N2Cc3ccccc3-n3nncc3C2)c1. The van der Waals surface area contributed by atoms with E-state index in [2.05, 4.69) is 39.5 Å². The molecule has 0 radical (unpaired) electrons. The minimum absolute atomic E-state index is 0.747. The molecule has 0 bridgehead atoms. The van der Waals surface area contributed by atoms with Gasteiger partial charge in [0.25, 0.3) is 0 Å². The van der Waals surface area contributed by atoms with Gasteiger partial charge in [-0.15, -0.1) is 5.10 Å². The normalized spacial score (nSPS) is 13.5. The third kappa shape index (κ3) is 2.17.